The van der Waals surface area contributed by atoms with Gasteiger partial charge in [0.1, 0.15) is 0 Å². The number of carbonyl (C=O) groups excluding carboxylic acids is 2. The highest BCUT2D eigenvalue weighted by Crippen LogP contribution is 2.16. The van der Waals surface area contributed by atoms with Crippen LogP contribution in [0.1, 0.15) is 48.3 Å². The number of aryl methyl sites for hydroxylation is 2. The maximum atomic E-state index is 12.7. The van der Waals surface area contributed by atoms with E-state index in [4.69, 9.17) is 10.5 Å². The Morgan fingerprint density at radius 3 is 2.50 bits per heavy atom. The summed E-state index contributed by atoms with van der Waals surface area (Å²) in [6, 6.07) is 8.95. The lowest BCUT2D eigenvalue weighted by molar-refractivity contribution is -0.143. The van der Waals surface area contributed by atoms with Gasteiger partial charge in [0.25, 0.3) is 5.91 Å². The second-order valence-electron chi connectivity index (χ2n) is 5.65. The fourth-order valence-electron chi connectivity index (χ4n) is 2.60. The number of aromatic nitrogens is 1. The Balaban J connectivity index is 2.08. The molecule has 0 saturated carbocycles. The van der Waals surface area contributed by atoms with Crippen LogP contribution in [0.3, 0.4) is 0 Å². The van der Waals surface area contributed by atoms with E-state index in [1.165, 1.54) is 0 Å². The number of hydrogen-bond donors (Lipinski definition) is 1. The van der Waals surface area contributed by atoms with E-state index in [1.807, 2.05) is 19.2 Å². The number of benzene rings is 1. The summed E-state index contributed by atoms with van der Waals surface area (Å²) in [4.78, 5) is 24.1. The molecule has 0 atom stereocenters. The molecule has 0 aliphatic carbocycles. The van der Waals surface area contributed by atoms with Crippen molar-refractivity contribution in [3.63, 3.8) is 0 Å². The lowest BCUT2D eigenvalue weighted by Gasteiger charge is -2.06. The fourth-order valence-corrected chi connectivity index (χ4v) is 2.60. The van der Waals surface area contributed by atoms with Gasteiger partial charge in [-0.05, 0) is 62.1 Å². The number of nitrogen functional groups attached to an aromatic ring is 1. The predicted molar refractivity (Wildman–Crippen MR) is 94.0 cm³/mol. The van der Waals surface area contributed by atoms with Crippen molar-refractivity contribution in [2.75, 3.05) is 12.3 Å². The van der Waals surface area contributed by atoms with Crippen molar-refractivity contribution in [3.8, 4) is 0 Å². The largest absolute Gasteiger partial charge is 0.466 e. The lowest BCUT2D eigenvalue weighted by Crippen LogP contribution is -2.13. The summed E-state index contributed by atoms with van der Waals surface area (Å²) in [7, 11) is 0. The van der Waals surface area contributed by atoms with Crippen LogP contribution in [0.25, 0.3) is 0 Å². The number of carbonyl (C=O) groups is 2. The Morgan fingerprint density at radius 2 is 1.88 bits per heavy atom. The topological polar surface area (TPSA) is 74.3 Å². The Morgan fingerprint density at radius 1 is 1.17 bits per heavy atom. The summed E-state index contributed by atoms with van der Waals surface area (Å²) in [6.07, 6.45) is 4.48. The van der Waals surface area contributed by atoms with Crippen molar-refractivity contribution in [2.45, 2.75) is 39.5 Å². The standard InChI is InChI=1S/C19H24N2O3/c1-3-17-12-14(6-5-7-18(22)24-4-2)13-21(17)19(23)15-8-10-16(20)11-9-15/h8-13H,3-7,20H2,1-2H3. The van der Waals surface area contributed by atoms with Crippen molar-refractivity contribution in [1.82, 2.24) is 4.57 Å². The third-order valence-corrected chi connectivity index (χ3v) is 3.85. The predicted octanol–water partition coefficient (Wildman–Crippen LogP) is 3.21. The Hall–Kier alpha value is -2.56. The number of esters is 1. The first-order valence-corrected chi connectivity index (χ1v) is 8.31. The summed E-state index contributed by atoms with van der Waals surface area (Å²) in [5.74, 6) is -0.242. The third-order valence-electron chi connectivity index (χ3n) is 3.85. The van der Waals surface area contributed by atoms with Gasteiger partial charge in [-0.3, -0.25) is 14.2 Å². The molecule has 0 bridgehead atoms. The Labute approximate surface area is 142 Å². The summed E-state index contributed by atoms with van der Waals surface area (Å²) < 4.78 is 6.61. The highest BCUT2D eigenvalue weighted by Gasteiger charge is 2.13. The van der Waals surface area contributed by atoms with Crippen LogP contribution in [0, 0.1) is 0 Å². The van der Waals surface area contributed by atoms with E-state index in [-0.39, 0.29) is 11.9 Å². The average Bonchev–Trinajstić information content (AvgIpc) is 2.98. The van der Waals surface area contributed by atoms with Gasteiger partial charge in [0, 0.05) is 29.6 Å². The molecule has 1 aromatic carbocycles. The molecular weight excluding hydrogens is 304 g/mol. The molecule has 5 heteroatoms. The number of hydrogen-bond acceptors (Lipinski definition) is 4. The molecule has 0 aliphatic rings. The van der Waals surface area contributed by atoms with E-state index in [0.29, 0.717) is 30.7 Å². The van der Waals surface area contributed by atoms with Gasteiger partial charge in [0.2, 0.25) is 0 Å². The molecule has 1 heterocycles. The molecule has 0 spiro atoms. The van der Waals surface area contributed by atoms with Crippen molar-refractivity contribution >= 4 is 17.6 Å². The number of nitrogens with two attached hydrogens (primary N) is 1. The maximum Gasteiger partial charge on any atom is 0.305 e. The van der Waals surface area contributed by atoms with Gasteiger partial charge < -0.3 is 10.5 Å². The van der Waals surface area contributed by atoms with Gasteiger partial charge in [-0.25, -0.2) is 0 Å². The van der Waals surface area contributed by atoms with E-state index in [9.17, 15) is 9.59 Å². The molecule has 2 rings (SSSR count). The number of rotatable bonds is 7. The number of ether oxygens (including phenoxy) is 1. The third kappa shape index (κ3) is 4.47. The van der Waals surface area contributed by atoms with Crippen LogP contribution in [0.5, 0.6) is 0 Å². The fraction of sp³-hybridized carbons (Fsp3) is 0.368. The summed E-state index contributed by atoms with van der Waals surface area (Å²) in [6.45, 7) is 4.23. The summed E-state index contributed by atoms with van der Waals surface area (Å²) in [5.41, 5.74) is 8.93. The van der Waals surface area contributed by atoms with E-state index in [1.54, 1.807) is 35.8 Å². The zero-order valence-electron chi connectivity index (χ0n) is 14.2. The molecule has 0 amide bonds. The molecule has 2 N–H and O–H groups in total. The first-order chi connectivity index (χ1) is 11.5. The summed E-state index contributed by atoms with van der Waals surface area (Å²) in [5, 5.41) is 0. The van der Waals surface area contributed by atoms with Crippen LogP contribution >= 0.6 is 0 Å². The van der Waals surface area contributed by atoms with Crippen LogP contribution in [0.4, 0.5) is 5.69 Å². The van der Waals surface area contributed by atoms with E-state index in [0.717, 1.165) is 24.1 Å². The van der Waals surface area contributed by atoms with Crippen LogP contribution < -0.4 is 5.73 Å². The zero-order valence-corrected chi connectivity index (χ0v) is 14.2. The normalized spacial score (nSPS) is 10.6. The van der Waals surface area contributed by atoms with Crippen LogP contribution in [0.2, 0.25) is 0 Å². The number of nitrogens with zero attached hydrogens (tertiary/aromatic N) is 1. The molecule has 0 saturated heterocycles. The number of anilines is 1. The van der Waals surface area contributed by atoms with Gasteiger partial charge >= 0.3 is 5.97 Å². The average molecular weight is 328 g/mol. The van der Waals surface area contributed by atoms with Gasteiger partial charge in [-0.15, -0.1) is 0 Å². The highest BCUT2D eigenvalue weighted by molar-refractivity contribution is 5.96. The Kier molecular flexibility index (Phi) is 6.18. The van der Waals surface area contributed by atoms with Crippen LogP contribution in [-0.2, 0) is 22.4 Å². The van der Waals surface area contributed by atoms with Gasteiger partial charge in [0.05, 0.1) is 6.61 Å². The molecular formula is C19H24N2O3. The zero-order chi connectivity index (χ0) is 17.5. The minimum absolute atomic E-state index is 0.0662. The molecule has 0 radical (unpaired) electrons. The maximum absolute atomic E-state index is 12.7. The minimum atomic E-state index is -0.175. The van der Waals surface area contributed by atoms with Crippen LogP contribution in [-0.4, -0.2) is 23.1 Å². The summed E-state index contributed by atoms with van der Waals surface area (Å²) >= 11 is 0. The SMILES string of the molecule is CCOC(=O)CCCc1cc(CC)n(C(=O)c2ccc(N)cc2)c1. The molecule has 0 fully saturated rings. The van der Waals surface area contributed by atoms with Crippen molar-refractivity contribution in [1.29, 1.82) is 0 Å². The second-order valence-corrected chi connectivity index (χ2v) is 5.65. The van der Waals surface area contributed by atoms with Crippen molar-refractivity contribution in [2.24, 2.45) is 0 Å². The van der Waals surface area contributed by atoms with Crippen molar-refractivity contribution < 1.29 is 14.3 Å². The molecule has 1 aromatic heterocycles. The second kappa shape index (κ2) is 8.34. The molecule has 2 aromatic rings. The quantitative estimate of drug-likeness (QED) is 0.625. The van der Waals surface area contributed by atoms with Gasteiger partial charge in [-0.2, -0.15) is 0 Å². The van der Waals surface area contributed by atoms with Crippen molar-refractivity contribution in [3.05, 3.63) is 53.3 Å². The van der Waals surface area contributed by atoms with Crippen LogP contribution in [0.15, 0.2) is 36.5 Å². The monoisotopic (exact) mass is 328 g/mol. The first kappa shape index (κ1) is 17.8. The Bertz CT molecular complexity index is 702. The molecule has 0 aliphatic heterocycles. The lowest BCUT2D eigenvalue weighted by atomic mass is 10.1. The van der Waals surface area contributed by atoms with Gasteiger partial charge in [0.15, 0.2) is 0 Å². The molecule has 24 heavy (non-hydrogen) atoms. The first-order valence-electron chi connectivity index (χ1n) is 8.31. The highest BCUT2D eigenvalue weighted by atomic mass is 16.5. The van der Waals surface area contributed by atoms with E-state index >= 15 is 0 Å². The van der Waals surface area contributed by atoms with Gasteiger partial charge in [-0.1, -0.05) is 6.92 Å². The molecule has 5 nitrogen and oxygen atoms in total. The van der Waals surface area contributed by atoms with E-state index in [2.05, 4.69) is 0 Å². The van der Waals surface area contributed by atoms with E-state index < -0.39 is 0 Å². The minimum Gasteiger partial charge on any atom is -0.466 e. The smallest absolute Gasteiger partial charge is 0.305 e. The molecule has 128 valence electrons. The molecule has 0 unspecified atom stereocenters.